The second-order valence-corrected chi connectivity index (χ2v) is 10.3. The average Bonchev–Trinajstić information content (AvgIpc) is 2.40. The highest BCUT2D eigenvalue weighted by molar-refractivity contribution is 8.67. The summed E-state index contributed by atoms with van der Waals surface area (Å²) < 4.78 is 0. The van der Waals surface area contributed by atoms with Crippen molar-refractivity contribution in [1.82, 2.24) is 0 Å². The fraction of sp³-hybridized carbons (Fsp3) is 0.143. The molecule has 0 atom stereocenters. The molecule has 0 heterocycles. The summed E-state index contributed by atoms with van der Waals surface area (Å²) >= 11 is 5.76. The zero-order chi connectivity index (χ0) is 13.7. The van der Waals surface area contributed by atoms with Crippen molar-refractivity contribution in [3.8, 4) is 0 Å². The lowest BCUT2D eigenvalue weighted by molar-refractivity contribution is 0.502. The maximum atomic E-state index is 9.40. The standard InChI is InChI=1S/C14H15O2PS2/c15-17(16,18)19-11-14(12-7-3-1-4-8-12)13-9-5-2-6-10-13/h1-10,14H,11H2,(H2,15,16,18). The van der Waals surface area contributed by atoms with Crippen LogP contribution < -0.4 is 0 Å². The molecule has 0 aromatic heterocycles. The van der Waals surface area contributed by atoms with Gasteiger partial charge in [0.25, 0.3) is 0 Å². The predicted molar refractivity (Wildman–Crippen MR) is 85.9 cm³/mol. The van der Waals surface area contributed by atoms with Crippen LogP contribution in [0, 0.1) is 0 Å². The lowest BCUT2D eigenvalue weighted by Crippen LogP contribution is -2.03. The number of hydrogen-bond donors (Lipinski definition) is 2. The van der Waals surface area contributed by atoms with Gasteiger partial charge >= 0.3 is 0 Å². The summed E-state index contributed by atoms with van der Waals surface area (Å²) in [4.78, 5) is 18.8. The van der Waals surface area contributed by atoms with Crippen LogP contribution in [0.15, 0.2) is 60.7 Å². The van der Waals surface area contributed by atoms with E-state index in [1.54, 1.807) is 0 Å². The van der Waals surface area contributed by atoms with E-state index in [0.29, 0.717) is 5.75 Å². The van der Waals surface area contributed by atoms with Crippen LogP contribution >= 0.6 is 17.1 Å². The molecule has 0 saturated heterocycles. The molecule has 0 spiro atoms. The van der Waals surface area contributed by atoms with Gasteiger partial charge in [-0.2, -0.15) is 0 Å². The van der Waals surface area contributed by atoms with Gasteiger partial charge < -0.3 is 9.79 Å². The summed E-state index contributed by atoms with van der Waals surface area (Å²) in [5.74, 6) is 0.687. The molecule has 19 heavy (non-hydrogen) atoms. The van der Waals surface area contributed by atoms with Gasteiger partial charge in [-0.1, -0.05) is 72.0 Å². The first kappa shape index (κ1) is 14.8. The van der Waals surface area contributed by atoms with Crippen LogP contribution in [0.4, 0.5) is 0 Å². The molecule has 2 aromatic rings. The highest BCUT2D eigenvalue weighted by Crippen LogP contribution is 2.52. The summed E-state index contributed by atoms with van der Waals surface area (Å²) in [7, 11) is 0. The van der Waals surface area contributed by atoms with Gasteiger partial charge in [0.2, 0.25) is 5.69 Å². The topological polar surface area (TPSA) is 40.5 Å². The zero-order valence-electron chi connectivity index (χ0n) is 10.2. The van der Waals surface area contributed by atoms with Crippen LogP contribution in [0.2, 0.25) is 0 Å². The van der Waals surface area contributed by atoms with Crippen LogP contribution in [0.1, 0.15) is 17.0 Å². The van der Waals surface area contributed by atoms with Crippen LogP contribution in [0.25, 0.3) is 0 Å². The maximum absolute atomic E-state index is 9.40. The van der Waals surface area contributed by atoms with E-state index in [0.717, 1.165) is 22.5 Å². The van der Waals surface area contributed by atoms with Gasteiger partial charge in [-0.05, 0) is 22.9 Å². The lowest BCUT2D eigenvalue weighted by Gasteiger charge is -2.18. The molecular formula is C14H15O2PS2. The smallest absolute Gasteiger partial charge is 0.242 e. The molecule has 2 rings (SSSR count). The SMILES string of the molecule is OP(O)(=S)SCC(c1ccccc1)c1ccccc1. The Balaban J connectivity index is 2.27. The quantitative estimate of drug-likeness (QED) is 0.825. The Morgan fingerprint density at radius 3 is 1.68 bits per heavy atom. The van der Waals surface area contributed by atoms with Gasteiger partial charge in [0.1, 0.15) is 0 Å². The molecule has 0 aliphatic heterocycles. The molecule has 0 saturated carbocycles. The normalized spacial score (nSPS) is 11.7. The van der Waals surface area contributed by atoms with Crippen molar-refractivity contribution < 1.29 is 9.79 Å². The summed E-state index contributed by atoms with van der Waals surface area (Å²) in [5.41, 5.74) is -0.896. The van der Waals surface area contributed by atoms with Crippen LogP contribution in [-0.2, 0) is 11.8 Å². The molecule has 5 heteroatoms. The van der Waals surface area contributed by atoms with E-state index >= 15 is 0 Å². The lowest BCUT2D eigenvalue weighted by atomic mass is 9.93. The number of benzene rings is 2. The van der Waals surface area contributed by atoms with Crippen molar-refractivity contribution in [2.45, 2.75) is 5.92 Å². The van der Waals surface area contributed by atoms with Crippen molar-refractivity contribution in [1.29, 1.82) is 0 Å². The van der Waals surface area contributed by atoms with E-state index in [9.17, 15) is 9.79 Å². The van der Waals surface area contributed by atoms with Crippen molar-refractivity contribution in [2.75, 3.05) is 5.75 Å². The van der Waals surface area contributed by atoms with Crippen LogP contribution in [0.5, 0.6) is 0 Å². The Bertz CT molecular complexity index is 515. The predicted octanol–water partition coefficient (Wildman–Crippen LogP) is 3.76. The van der Waals surface area contributed by atoms with Gasteiger partial charge in [-0.25, -0.2) is 0 Å². The minimum Gasteiger partial charge on any atom is -0.338 e. The third-order valence-corrected chi connectivity index (χ3v) is 6.04. The minimum absolute atomic E-state index is 0.119. The van der Waals surface area contributed by atoms with E-state index in [-0.39, 0.29) is 5.92 Å². The summed E-state index contributed by atoms with van der Waals surface area (Å²) in [6.45, 7) is 0. The van der Waals surface area contributed by atoms with Gasteiger partial charge in [-0.15, -0.1) is 0 Å². The first-order valence-corrected chi connectivity index (χ1v) is 10.2. The molecule has 0 aliphatic carbocycles. The molecule has 2 nitrogen and oxygen atoms in total. The fourth-order valence-electron chi connectivity index (χ4n) is 1.93. The molecule has 0 unspecified atom stereocenters. The highest BCUT2D eigenvalue weighted by atomic mass is 32.9. The van der Waals surface area contributed by atoms with E-state index in [1.165, 1.54) is 0 Å². The minimum atomic E-state index is -3.21. The molecular weight excluding hydrogens is 295 g/mol. The largest absolute Gasteiger partial charge is 0.338 e. The summed E-state index contributed by atoms with van der Waals surface area (Å²) in [5, 5.41) is 0. The summed E-state index contributed by atoms with van der Waals surface area (Å²) in [6, 6.07) is 20.1. The van der Waals surface area contributed by atoms with E-state index in [1.807, 2.05) is 36.4 Å². The molecule has 2 aromatic carbocycles. The third kappa shape index (κ3) is 4.75. The zero-order valence-corrected chi connectivity index (χ0v) is 12.7. The van der Waals surface area contributed by atoms with E-state index < -0.39 is 5.69 Å². The first-order chi connectivity index (χ1) is 9.06. The molecule has 0 bridgehead atoms. The van der Waals surface area contributed by atoms with Gasteiger partial charge in [0.15, 0.2) is 0 Å². The maximum Gasteiger partial charge on any atom is 0.242 e. The third-order valence-electron chi connectivity index (χ3n) is 2.81. The van der Waals surface area contributed by atoms with Crippen molar-refractivity contribution in [3.63, 3.8) is 0 Å². The molecule has 0 radical (unpaired) electrons. The van der Waals surface area contributed by atoms with Crippen LogP contribution in [-0.4, -0.2) is 15.5 Å². The van der Waals surface area contributed by atoms with Gasteiger partial charge in [0.05, 0.1) is 0 Å². The second-order valence-electron chi connectivity index (χ2n) is 4.16. The molecule has 0 aliphatic rings. The first-order valence-electron chi connectivity index (χ1n) is 5.86. The summed E-state index contributed by atoms with van der Waals surface area (Å²) in [6.07, 6.45) is 0. The van der Waals surface area contributed by atoms with E-state index in [4.69, 9.17) is 0 Å². The Morgan fingerprint density at radius 1 is 0.895 bits per heavy atom. The van der Waals surface area contributed by atoms with Gasteiger partial charge in [-0.3, -0.25) is 0 Å². The van der Waals surface area contributed by atoms with Crippen molar-refractivity contribution in [3.05, 3.63) is 71.8 Å². The fourth-order valence-corrected chi connectivity index (χ4v) is 4.23. The van der Waals surface area contributed by atoms with Crippen LogP contribution in [0.3, 0.4) is 0 Å². The number of rotatable bonds is 5. The monoisotopic (exact) mass is 310 g/mol. The average molecular weight is 310 g/mol. The Hall–Kier alpha value is -0.640. The Kier molecular flexibility index (Phi) is 5.20. The highest BCUT2D eigenvalue weighted by Gasteiger charge is 2.18. The second kappa shape index (κ2) is 6.69. The molecule has 2 N–H and O–H groups in total. The molecule has 100 valence electrons. The number of hydrogen-bond acceptors (Lipinski definition) is 2. The van der Waals surface area contributed by atoms with Crippen molar-refractivity contribution >= 4 is 28.9 Å². The van der Waals surface area contributed by atoms with Gasteiger partial charge in [0, 0.05) is 11.7 Å². The molecule has 0 amide bonds. The Morgan fingerprint density at radius 2 is 1.32 bits per heavy atom. The Labute approximate surface area is 122 Å². The molecule has 0 fully saturated rings. The van der Waals surface area contributed by atoms with E-state index in [2.05, 4.69) is 36.1 Å². The van der Waals surface area contributed by atoms with Crippen molar-refractivity contribution in [2.24, 2.45) is 0 Å².